The van der Waals surface area contributed by atoms with Gasteiger partial charge in [0.2, 0.25) is 0 Å². The molecule has 134 valence electrons. The smallest absolute Gasteiger partial charge is 0.160 e. The van der Waals surface area contributed by atoms with Crippen molar-refractivity contribution >= 4 is 0 Å². The predicted molar refractivity (Wildman–Crippen MR) is 99.7 cm³/mol. The van der Waals surface area contributed by atoms with Crippen molar-refractivity contribution in [1.82, 2.24) is 0 Å². The van der Waals surface area contributed by atoms with Crippen LogP contribution in [0.15, 0.2) is 12.1 Å². The summed E-state index contributed by atoms with van der Waals surface area (Å²) in [5, 5.41) is 0. The molecule has 2 nitrogen and oxygen atoms in total. The maximum absolute atomic E-state index is 6.03. The Kier molecular flexibility index (Phi) is 4.59. The molecule has 0 amide bonds. The molecule has 0 atom stereocenters. The second-order valence-electron chi connectivity index (χ2n) is 9.81. The molecule has 0 spiro atoms. The molecule has 2 heteroatoms. The highest BCUT2D eigenvalue weighted by atomic mass is 16.7. The first-order valence-electron chi connectivity index (χ1n) is 9.46. The molecule has 1 heterocycles. The van der Waals surface area contributed by atoms with Gasteiger partial charge >= 0.3 is 0 Å². The Balaban J connectivity index is 1.92. The Morgan fingerprint density at radius 3 is 1.67 bits per heavy atom. The lowest BCUT2D eigenvalue weighted by atomic mass is 9.74. The highest BCUT2D eigenvalue weighted by Gasteiger charge is 2.37. The Morgan fingerprint density at radius 2 is 1.29 bits per heavy atom. The van der Waals surface area contributed by atoms with Gasteiger partial charge in [0.15, 0.2) is 6.29 Å². The standard InChI is InChI=1S/C22H34O2/c1-14-18(21(2,3)4)10-16(11-19(14)22(5,6)7)17-12-23-20(24-13-17)15-8-9-15/h10-11,15,17,20H,8-9,12-13H2,1-7H3. The largest absolute Gasteiger partial charge is 0.352 e. The Bertz CT molecular complexity index is 556. The van der Waals surface area contributed by atoms with Gasteiger partial charge in [-0.05, 0) is 52.8 Å². The molecule has 1 saturated carbocycles. The third kappa shape index (κ3) is 3.70. The number of hydrogen-bond donors (Lipinski definition) is 0. The second kappa shape index (κ2) is 6.14. The zero-order valence-electron chi connectivity index (χ0n) is 16.5. The normalized spacial score (nSPS) is 25.8. The van der Waals surface area contributed by atoms with Crippen molar-refractivity contribution in [2.45, 2.75) is 84.3 Å². The van der Waals surface area contributed by atoms with Crippen LogP contribution < -0.4 is 0 Å². The molecule has 0 aromatic heterocycles. The molecular weight excluding hydrogens is 296 g/mol. The quantitative estimate of drug-likeness (QED) is 0.717. The summed E-state index contributed by atoms with van der Waals surface area (Å²) in [5.41, 5.74) is 6.01. The van der Waals surface area contributed by atoms with Crippen LogP contribution in [0.2, 0.25) is 0 Å². The zero-order valence-corrected chi connectivity index (χ0v) is 16.5. The van der Waals surface area contributed by atoms with E-state index in [-0.39, 0.29) is 17.1 Å². The zero-order chi connectivity index (χ0) is 17.7. The van der Waals surface area contributed by atoms with Crippen molar-refractivity contribution in [2.75, 3.05) is 13.2 Å². The Labute approximate surface area is 147 Å². The number of ether oxygens (including phenoxy) is 2. The maximum atomic E-state index is 6.03. The fourth-order valence-electron chi connectivity index (χ4n) is 3.88. The summed E-state index contributed by atoms with van der Waals surface area (Å²) in [6.07, 6.45) is 2.58. The van der Waals surface area contributed by atoms with Gasteiger partial charge in [0.25, 0.3) is 0 Å². The van der Waals surface area contributed by atoms with Gasteiger partial charge in [0.05, 0.1) is 13.2 Å². The molecule has 0 unspecified atom stereocenters. The fraction of sp³-hybridized carbons (Fsp3) is 0.727. The van der Waals surface area contributed by atoms with Crippen LogP contribution in [0.5, 0.6) is 0 Å². The van der Waals surface area contributed by atoms with E-state index in [4.69, 9.17) is 9.47 Å². The van der Waals surface area contributed by atoms with Gasteiger partial charge < -0.3 is 9.47 Å². The molecule has 0 radical (unpaired) electrons. The van der Waals surface area contributed by atoms with Crippen molar-refractivity contribution in [2.24, 2.45) is 5.92 Å². The molecule has 1 aromatic carbocycles. The molecule has 1 aliphatic carbocycles. The van der Waals surface area contributed by atoms with Gasteiger partial charge in [0, 0.05) is 11.8 Å². The minimum atomic E-state index is 0.0517. The molecule has 0 N–H and O–H groups in total. The lowest BCUT2D eigenvalue weighted by Crippen LogP contribution is -2.32. The molecule has 2 aliphatic rings. The molecule has 1 saturated heterocycles. The summed E-state index contributed by atoms with van der Waals surface area (Å²) in [5.74, 6) is 1.00. The molecular formula is C22H34O2. The summed E-state index contributed by atoms with van der Waals surface area (Å²) in [6, 6.07) is 4.80. The lowest BCUT2D eigenvalue weighted by Gasteiger charge is -2.34. The van der Waals surface area contributed by atoms with Gasteiger partial charge in [-0.15, -0.1) is 0 Å². The monoisotopic (exact) mass is 330 g/mol. The first-order chi connectivity index (χ1) is 11.1. The second-order valence-corrected chi connectivity index (χ2v) is 9.81. The van der Waals surface area contributed by atoms with Crippen LogP contribution in [0.3, 0.4) is 0 Å². The van der Waals surface area contributed by atoms with E-state index in [1.807, 2.05) is 0 Å². The highest BCUT2D eigenvalue weighted by molar-refractivity contribution is 5.46. The van der Waals surface area contributed by atoms with Crippen molar-refractivity contribution in [3.05, 3.63) is 34.4 Å². The molecule has 1 aromatic rings. The molecule has 2 fully saturated rings. The average molecular weight is 331 g/mol. The highest BCUT2D eigenvalue weighted by Crippen LogP contribution is 2.40. The van der Waals surface area contributed by atoms with Gasteiger partial charge in [-0.1, -0.05) is 53.7 Å². The van der Waals surface area contributed by atoms with Crippen LogP contribution in [-0.4, -0.2) is 19.5 Å². The van der Waals surface area contributed by atoms with Gasteiger partial charge in [0.1, 0.15) is 0 Å². The minimum Gasteiger partial charge on any atom is -0.352 e. The molecule has 1 aliphatic heterocycles. The van der Waals surface area contributed by atoms with Gasteiger partial charge in [-0.25, -0.2) is 0 Å². The van der Waals surface area contributed by atoms with E-state index >= 15 is 0 Å². The van der Waals surface area contributed by atoms with Crippen LogP contribution >= 0.6 is 0 Å². The van der Waals surface area contributed by atoms with Crippen LogP contribution in [0, 0.1) is 12.8 Å². The van der Waals surface area contributed by atoms with E-state index in [0.717, 1.165) is 13.2 Å². The Hall–Kier alpha value is -0.860. The Morgan fingerprint density at radius 1 is 0.833 bits per heavy atom. The first-order valence-corrected chi connectivity index (χ1v) is 9.46. The van der Waals surface area contributed by atoms with Crippen LogP contribution in [-0.2, 0) is 20.3 Å². The van der Waals surface area contributed by atoms with E-state index in [1.165, 1.54) is 35.1 Å². The van der Waals surface area contributed by atoms with E-state index in [0.29, 0.717) is 11.8 Å². The predicted octanol–water partition coefficient (Wildman–Crippen LogP) is 5.46. The van der Waals surface area contributed by atoms with E-state index in [2.05, 4.69) is 60.6 Å². The summed E-state index contributed by atoms with van der Waals surface area (Å²) >= 11 is 0. The minimum absolute atomic E-state index is 0.0517. The number of benzene rings is 1. The van der Waals surface area contributed by atoms with Gasteiger partial charge in [-0.3, -0.25) is 0 Å². The molecule has 24 heavy (non-hydrogen) atoms. The van der Waals surface area contributed by atoms with E-state index in [9.17, 15) is 0 Å². The van der Waals surface area contributed by atoms with Crippen LogP contribution in [0.4, 0.5) is 0 Å². The van der Waals surface area contributed by atoms with Gasteiger partial charge in [-0.2, -0.15) is 0 Å². The van der Waals surface area contributed by atoms with Crippen molar-refractivity contribution < 1.29 is 9.47 Å². The SMILES string of the molecule is Cc1c(C(C)(C)C)cc(C2COC(C3CC3)OC2)cc1C(C)(C)C. The molecule has 0 bridgehead atoms. The number of hydrogen-bond acceptors (Lipinski definition) is 2. The van der Waals surface area contributed by atoms with Crippen molar-refractivity contribution in [1.29, 1.82) is 0 Å². The van der Waals surface area contributed by atoms with Crippen LogP contribution in [0.1, 0.15) is 82.6 Å². The molecule has 3 rings (SSSR count). The maximum Gasteiger partial charge on any atom is 0.160 e. The van der Waals surface area contributed by atoms with Crippen LogP contribution in [0.25, 0.3) is 0 Å². The summed E-state index contributed by atoms with van der Waals surface area (Å²) in [7, 11) is 0. The third-order valence-corrected chi connectivity index (χ3v) is 5.45. The van der Waals surface area contributed by atoms with E-state index < -0.39 is 0 Å². The van der Waals surface area contributed by atoms with Crippen molar-refractivity contribution in [3.63, 3.8) is 0 Å². The summed E-state index contributed by atoms with van der Waals surface area (Å²) in [6.45, 7) is 17.7. The lowest BCUT2D eigenvalue weighted by molar-refractivity contribution is -0.197. The third-order valence-electron chi connectivity index (χ3n) is 5.45. The fourth-order valence-corrected chi connectivity index (χ4v) is 3.88. The topological polar surface area (TPSA) is 18.5 Å². The number of rotatable bonds is 2. The van der Waals surface area contributed by atoms with Crippen molar-refractivity contribution in [3.8, 4) is 0 Å². The first kappa shape index (κ1) is 17.9. The average Bonchev–Trinajstić information content (AvgIpc) is 3.30. The summed E-state index contributed by atoms with van der Waals surface area (Å²) in [4.78, 5) is 0. The van der Waals surface area contributed by atoms with E-state index in [1.54, 1.807) is 0 Å². The summed E-state index contributed by atoms with van der Waals surface area (Å²) < 4.78 is 12.1.